The van der Waals surface area contributed by atoms with Gasteiger partial charge in [-0.25, -0.2) is 4.39 Å². The Labute approximate surface area is 167 Å². The summed E-state index contributed by atoms with van der Waals surface area (Å²) in [6.45, 7) is 4.96. The first kappa shape index (κ1) is 21.9. The molecule has 0 saturated heterocycles. The summed E-state index contributed by atoms with van der Waals surface area (Å²) in [7, 11) is 3.29. The van der Waals surface area contributed by atoms with E-state index in [4.69, 9.17) is 9.47 Å². The molecule has 5 nitrogen and oxygen atoms in total. The molecule has 1 atom stereocenters. The molecule has 0 aliphatic rings. The average molecular weight is 387 g/mol. The largest absolute Gasteiger partial charge is 0.380 e. The number of guanidine groups is 1. The van der Waals surface area contributed by atoms with Gasteiger partial charge in [0.05, 0.1) is 19.8 Å². The predicted octanol–water partition coefficient (Wildman–Crippen LogP) is 3.49. The van der Waals surface area contributed by atoms with E-state index in [1.165, 1.54) is 11.6 Å². The smallest absolute Gasteiger partial charge is 0.191 e. The van der Waals surface area contributed by atoms with Gasteiger partial charge >= 0.3 is 0 Å². The maximum atomic E-state index is 13.7. The van der Waals surface area contributed by atoms with Crippen LogP contribution in [0.3, 0.4) is 0 Å². The Kier molecular flexibility index (Phi) is 9.45. The van der Waals surface area contributed by atoms with Gasteiger partial charge in [0.25, 0.3) is 0 Å². The topological polar surface area (TPSA) is 54.9 Å². The van der Waals surface area contributed by atoms with Gasteiger partial charge in [-0.3, -0.25) is 4.99 Å². The van der Waals surface area contributed by atoms with Gasteiger partial charge < -0.3 is 20.1 Å². The first-order valence-corrected chi connectivity index (χ1v) is 9.44. The van der Waals surface area contributed by atoms with Gasteiger partial charge in [0.15, 0.2) is 5.96 Å². The molecule has 6 heteroatoms. The van der Waals surface area contributed by atoms with Crippen LogP contribution in [0, 0.1) is 11.7 Å². The van der Waals surface area contributed by atoms with Crippen LogP contribution < -0.4 is 10.6 Å². The van der Waals surface area contributed by atoms with Crippen LogP contribution in [-0.2, 0) is 29.2 Å². The highest BCUT2D eigenvalue weighted by atomic mass is 19.1. The fourth-order valence-electron chi connectivity index (χ4n) is 2.69. The van der Waals surface area contributed by atoms with Crippen LogP contribution in [0.1, 0.15) is 23.6 Å². The van der Waals surface area contributed by atoms with Gasteiger partial charge in [-0.05, 0) is 29.2 Å². The third-order valence-electron chi connectivity index (χ3n) is 4.23. The summed E-state index contributed by atoms with van der Waals surface area (Å²) < 4.78 is 24.5. The third kappa shape index (κ3) is 7.66. The standard InChI is InChI=1S/C22H30FN3O2/c1-17(14-28-15-18-7-5-4-6-8-18)12-25-22(24-2)26-13-19-9-10-21(23)20(11-19)16-27-3/h4-11,17H,12-16H2,1-3H3,(H2,24,25,26). The van der Waals surface area contributed by atoms with E-state index in [0.717, 1.165) is 12.1 Å². The normalized spacial score (nSPS) is 12.6. The first-order valence-electron chi connectivity index (χ1n) is 9.44. The summed E-state index contributed by atoms with van der Waals surface area (Å²) in [6, 6.07) is 15.2. The maximum absolute atomic E-state index is 13.7. The molecule has 2 aromatic carbocycles. The van der Waals surface area contributed by atoms with Crippen LogP contribution in [0.25, 0.3) is 0 Å². The lowest BCUT2D eigenvalue weighted by Crippen LogP contribution is -2.39. The molecular weight excluding hydrogens is 357 g/mol. The Bertz CT molecular complexity index is 738. The Morgan fingerprint density at radius 2 is 1.86 bits per heavy atom. The summed E-state index contributed by atoms with van der Waals surface area (Å²) in [5.41, 5.74) is 2.69. The molecule has 0 aromatic heterocycles. The first-order chi connectivity index (χ1) is 13.6. The van der Waals surface area contributed by atoms with Gasteiger partial charge in [0.1, 0.15) is 5.82 Å². The molecule has 1 unspecified atom stereocenters. The number of ether oxygens (including phenoxy) is 2. The molecule has 0 bridgehead atoms. The lowest BCUT2D eigenvalue weighted by molar-refractivity contribution is 0.0931. The van der Waals surface area contributed by atoms with Gasteiger partial charge in [-0.2, -0.15) is 0 Å². The molecular formula is C22H30FN3O2. The fraction of sp³-hybridized carbons (Fsp3) is 0.409. The molecule has 0 fully saturated rings. The van der Waals surface area contributed by atoms with Gasteiger partial charge in [-0.1, -0.05) is 43.3 Å². The van der Waals surface area contributed by atoms with E-state index in [2.05, 4.69) is 34.7 Å². The van der Waals surface area contributed by atoms with E-state index in [0.29, 0.717) is 37.2 Å². The van der Waals surface area contributed by atoms with Crippen molar-refractivity contribution in [3.63, 3.8) is 0 Å². The number of benzene rings is 2. The van der Waals surface area contributed by atoms with Crippen molar-refractivity contribution in [3.05, 3.63) is 71.0 Å². The SMILES string of the molecule is CN=C(NCc1ccc(F)c(COC)c1)NCC(C)COCc1ccccc1. The molecule has 0 radical (unpaired) electrons. The minimum atomic E-state index is -0.252. The molecule has 2 N–H and O–H groups in total. The second-order valence-electron chi connectivity index (χ2n) is 6.77. The molecule has 0 amide bonds. The van der Waals surface area contributed by atoms with E-state index in [9.17, 15) is 4.39 Å². The van der Waals surface area contributed by atoms with Crippen molar-refractivity contribution in [2.24, 2.45) is 10.9 Å². The highest BCUT2D eigenvalue weighted by Crippen LogP contribution is 2.11. The summed E-state index contributed by atoms with van der Waals surface area (Å²) >= 11 is 0. The Hall–Kier alpha value is -2.44. The van der Waals surface area contributed by atoms with Crippen molar-refractivity contribution in [2.75, 3.05) is 27.3 Å². The number of rotatable bonds is 10. The van der Waals surface area contributed by atoms with Crippen LogP contribution in [0.5, 0.6) is 0 Å². The van der Waals surface area contributed by atoms with Crippen molar-refractivity contribution in [2.45, 2.75) is 26.7 Å². The zero-order valence-electron chi connectivity index (χ0n) is 16.9. The lowest BCUT2D eigenvalue weighted by atomic mass is 10.1. The van der Waals surface area contributed by atoms with Crippen LogP contribution in [-0.4, -0.2) is 33.3 Å². The monoisotopic (exact) mass is 387 g/mol. The Balaban J connectivity index is 1.71. The van der Waals surface area contributed by atoms with Crippen LogP contribution >= 0.6 is 0 Å². The minimum Gasteiger partial charge on any atom is -0.380 e. The van der Waals surface area contributed by atoms with Crippen molar-refractivity contribution >= 4 is 5.96 Å². The van der Waals surface area contributed by atoms with Crippen LogP contribution in [0.4, 0.5) is 4.39 Å². The quantitative estimate of drug-likeness (QED) is 0.484. The summed E-state index contributed by atoms with van der Waals surface area (Å²) in [6.07, 6.45) is 0. The van der Waals surface area contributed by atoms with Gasteiger partial charge in [0, 0.05) is 32.8 Å². The Morgan fingerprint density at radius 3 is 2.57 bits per heavy atom. The number of methoxy groups -OCH3 is 1. The van der Waals surface area contributed by atoms with E-state index in [1.54, 1.807) is 26.3 Å². The molecule has 0 aliphatic heterocycles. The molecule has 0 saturated carbocycles. The van der Waals surface area contributed by atoms with Gasteiger partial charge in [-0.15, -0.1) is 0 Å². The number of hydrogen-bond acceptors (Lipinski definition) is 3. The number of halogens is 1. The molecule has 2 rings (SSSR count). The van der Waals surface area contributed by atoms with Crippen LogP contribution in [0.2, 0.25) is 0 Å². The minimum absolute atomic E-state index is 0.252. The zero-order valence-corrected chi connectivity index (χ0v) is 16.9. The molecule has 152 valence electrons. The maximum Gasteiger partial charge on any atom is 0.191 e. The average Bonchev–Trinajstić information content (AvgIpc) is 2.71. The second-order valence-corrected chi connectivity index (χ2v) is 6.77. The number of aliphatic imine (C=N–C) groups is 1. The predicted molar refractivity (Wildman–Crippen MR) is 111 cm³/mol. The third-order valence-corrected chi connectivity index (χ3v) is 4.23. The zero-order chi connectivity index (χ0) is 20.2. The number of nitrogens with zero attached hydrogens (tertiary/aromatic N) is 1. The molecule has 0 aliphatic carbocycles. The fourth-order valence-corrected chi connectivity index (χ4v) is 2.69. The van der Waals surface area contributed by atoms with E-state index < -0.39 is 0 Å². The summed E-state index contributed by atoms with van der Waals surface area (Å²) in [5, 5.41) is 6.55. The summed E-state index contributed by atoms with van der Waals surface area (Å²) in [4.78, 5) is 4.23. The van der Waals surface area contributed by atoms with Crippen molar-refractivity contribution in [1.29, 1.82) is 0 Å². The van der Waals surface area contributed by atoms with E-state index in [-0.39, 0.29) is 12.4 Å². The van der Waals surface area contributed by atoms with Gasteiger partial charge in [0.2, 0.25) is 0 Å². The summed E-state index contributed by atoms with van der Waals surface area (Å²) in [5.74, 6) is 0.784. The highest BCUT2D eigenvalue weighted by Gasteiger charge is 2.07. The molecule has 2 aromatic rings. The van der Waals surface area contributed by atoms with Crippen molar-refractivity contribution in [1.82, 2.24) is 10.6 Å². The van der Waals surface area contributed by atoms with Crippen molar-refractivity contribution in [3.8, 4) is 0 Å². The second kappa shape index (κ2) is 12.1. The highest BCUT2D eigenvalue weighted by molar-refractivity contribution is 5.79. The van der Waals surface area contributed by atoms with Crippen molar-refractivity contribution < 1.29 is 13.9 Å². The van der Waals surface area contributed by atoms with Crippen LogP contribution in [0.15, 0.2) is 53.5 Å². The number of hydrogen-bond donors (Lipinski definition) is 2. The number of nitrogens with one attached hydrogen (secondary N) is 2. The lowest BCUT2D eigenvalue weighted by Gasteiger charge is -2.16. The Morgan fingerprint density at radius 1 is 1.07 bits per heavy atom. The molecule has 28 heavy (non-hydrogen) atoms. The molecule has 0 spiro atoms. The van der Waals surface area contributed by atoms with E-state index in [1.807, 2.05) is 18.2 Å². The van der Waals surface area contributed by atoms with E-state index >= 15 is 0 Å². The molecule has 0 heterocycles.